The first-order chi connectivity index (χ1) is 8.77. The topological polar surface area (TPSA) is 85.4 Å². The Bertz CT molecular complexity index is 653. The number of nitrogens with zero attached hydrogens (tertiary/aromatic N) is 4. The normalized spacial score (nSPS) is 10.7. The molecule has 18 heavy (non-hydrogen) atoms. The zero-order valence-corrected chi connectivity index (χ0v) is 9.83. The first kappa shape index (κ1) is 10.5. The lowest BCUT2D eigenvalue weighted by Crippen LogP contribution is -1.98. The summed E-state index contributed by atoms with van der Waals surface area (Å²) < 4.78 is 1.65. The van der Waals surface area contributed by atoms with Crippen LogP contribution in [-0.2, 0) is 7.05 Å². The van der Waals surface area contributed by atoms with Gasteiger partial charge in [-0.1, -0.05) is 6.07 Å². The number of hydrogen-bond acceptors (Lipinski definition) is 4. The maximum atomic E-state index is 6.07. The van der Waals surface area contributed by atoms with Gasteiger partial charge in [0.25, 0.3) is 0 Å². The van der Waals surface area contributed by atoms with Gasteiger partial charge in [0.05, 0.1) is 17.5 Å². The molecular formula is C12H12N6. The number of rotatable bonds is 2. The van der Waals surface area contributed by atoms with Gasteiger partial charge in [-0.25, -0.2) is 0 Å². The third-order valence-electron chi connectivity index (χ3n) is 2.78. The van der Waals surface area contributed by atoms with Crippen LogP contribution in [-0.4, -0.2) is 25.0 Å². The van der Waals surface area contributed by atoms with Crippen molar-refractivity contribution < 1.29 is 0 Å². The van der Waals surface area contributed by atoms with E-state index in [2.05, 4.69) is 20.3 Å². The first-order valence-corrected chi connectivity index (χ1v) is 5.50. The fourth-order valence-electron chi connectivity index (χ4n) is 1.88. The van der Waals surface area contributed by atoms with Gasteiger partial charge < -0.3 is 5.73 Å². The van der Waals surface area contributed by atoms with Crippen LogP contribution in [0.4, 0.5) is 5.82 Å². The lowest BCUT2D eigenvalue weighted by atomic mass is 10.1. The highest BCUT2D eigenvalue weighted by Crippen LogP contribution is 2.33. The van der Waals surface area contributed by atoms with Gasteiger partial charge in [0.1, 0.15) is 11.5 Å². The van der Waals surface area contributed by atoms with Crippen molar-refractivity contribution in [2.45, 2.75) is 0 Å². The van der Waals surface area contributed by atoms with Crippen LogP contribution in [0.2, 0.25) is 0 Å². The van der Waals surface area contributed by atoms with Crippen LogP contribution in [0.3, 0.4) is 0 Å². The number of aromatic nitrogens is 5. The Morgan fingerprint density at radius 1 is 1.33 bits per heavy atom. The maximum Gasteiger partial charge on any atom is 0.131 e. The van der Waals surface area contributed by atoms with E-state index < -0.39 is 0 Å². The fraction of sp³-hybridized carbons (Fsp3) is 0.0833. The van der Waals surface area contributed by atoms with E-state index in [1.54, 1.807) is 23.3 Å². The van der Waals surface area contributed by atoms with Crippen molar-refractivity contribution in [1.82, 2.24) is 25.0 Å². The predicted octanol–water partition coefficient (Wildman–Crippen LogP) is 1.45. The predicted molar refractivity (Wildman–Crippen MR) is 68.4 cm³/mol. The number of hydrogen-bond donors (Lipinski definition) is 2. The van der Waals surface area contributed by atoms with Crippen molar-refractivity contribution in [3.05, 3.63) is 36.8 Å². The van der Waals surface area contributed by atoms with Crippen molar-refractivity contribution in [2.24, 2.45) is 7.05 Å². The lowest BCUT2D eigenvalue weighted by Gasteiger charge is -2.01. The molecule has 0 saturated carbocycles. The second-order valence-corrected chi connectivity index (χ2v) is 3.93. The molecule has 0 spiro atoms. The van der Waals surface area contributed by atoms with E-state index in [9.17, 15) is 0 Å². The third kappa shape index (κ3) is 1.55. The Balaban J connectivity index is 2.26. The summed E-state index contributed by atoms with van der Waals surface area (Å²) >= 11 is 0. The van der Waals surface area contributed by atoms with E-state index in [4.69, 9.17) is 5.73 Å². The molecule has 3 rings (SSSR count). The quantitative estimate of drug-likeness (QED) is 0.710. The van der Waals surface area contributed by atoms with Crippen molar-refractivity contribution in [2.75, 3.05) is 5.73 Å². The summed E-state index contributed by atoms with van der Waals surface area (Å²) in [5.74, 6) is 0.588. The molecule has 0 bridgehead atoms. The van der Waals surface area contributed by atoms with E-state index in [1.807, 2.05) is 25.2 Å². The summed E-state index contributed by atoms with van der Waals surface area (Å²) in [7, 11) is 1.81. The molecule has 0 aromatic carbocycles. The summed E-state index contributed by atoms with van der Waals surface area (Å²) in [4.78, 5) is 4.33. The van der Waals surface area contributed by atoms with Gasteiger partial charge in [-0.05, 0) is 12.1 Å². The Hall–Kier alpha value is -2.63. The summed E-state index contributed by atoms with van der Waals surface area (Å²) in [6.45, 7) is 0. The number of pyridine rings is 1. The number of nitrogens with one attached hydrogen (secondary N) is 1. The van der Waals surface area contributed by atoms with Gasteiger partial charge in [0.2, 0.25) is 0 Å². The fourth-order valence-corrected chi connectivity index (χ4v) is 1.88. The molecule has 0 fully saturated rings. The second kappa shape index (κ2) is 3.99. The molecule has 0 saturated heterocycles. The van der Waals surface area contributed by atoms with E-state index >= 15 is 0 Å². The summed E-state index contributed by atoms with van der Waals surface area (Å²) in [5.41, 5.74) is 9.38. The first-order valence-electron chi connectivity index (χ1n) is 5.50. The Labute approximate surface area is 103 Å². The Kier molecular flexibility index (Phi) is 2.33. The minimum atomic E-state index is 0.588. The van der Waals surface area contributed by atoms with Crippen LogP contribution < -0.4 is 5.73 Å². The van der Waals surface area contributed by atoms with Crippen LogP contribution in [0, 0.1) is 0 Å². The number of aryl methyl sites for hydroxylation is 1. The van der Waals surface area contributed by atoms with E-state index in [1.165, 1.54) is 0 Å². The number of H-pyrrole nitrogens is 1. The minimum absolute atomic E-state index is 0.588. The van der Waals surface area contributed by atoms with E-state index in [0.717, 1.165) is 22.5 Å². The molecule has 3 aromatic rings. The molecular weight excluding hydrogens is 228 g/mol. The average Bonchev–Trinajstić information content (AvgIpc) is 3.00. The van der Waals surface area contributed by atoms with Gasteiger partial charge in [-0.15, -0.1) is 0 Å². The van der Waals surface area contributed by atoms with Crippen molar-refractivity contribution in [1.29, 1.82) is 0 Å². The van der Waals surface area contributed by atoms with Crippen molar-refractivity contribution >= 4 is 5.82 Å². The molecule has 0 unspecified atom stereocenters. The zero-order chi connectivity index (χ0) is 12.5. The molecule has 6 nitrogen and oxygen atoms in total. The van der Waals surface area contributed by atoms with Crippen LogP contribution in [0.15, 0.2) is 36.8 Å². The molecule has 6 heteroatoms. The molecule has 3 heterocycles. The SMILES string of the molecule is Cn1nc(-c2cn[nH]c2)c(-c2ccccn2)c1N. The lowest BCUT2D eigenvalue weighted by molar-refractivity contribution is 0.782. The highest BCUT2D eigenvalue weighted by Gasteiger charge is 2.18. The summed E-state index contributed by atoms with van der Waals surface area (Å²) in [6, 6.07) is 5.71. The maximum absolute atomic E-state index is 6.07. The average molecular weight is 240 g/mol. The zero-order valence-electron chi connectivity index (χ0n) is 9.83. The number of nitrogen functional groups attached to an aromatic ring is 1. The standard InChI is InChI=1S/C12H12N6/c1-18-12(13)10(9-4-2-3-5-14-9)11(17-18)8-6-15-16-7-8/h2-7H,13H2,1H3,(H,15,16). The molecule has 3 N–H and O–H groups in total. The van der Waals surface area contributed by atoms with Gasteiger partial charge in [0, 0.05) is 25.0 Å². The Morgan fingerprint density at radius 3 is 2.89 bits per heavy atom. The minimum Gasteiger partial charge on any atom is -0.383 e. The monoisotopic (exact) mass is 240 g/mol. The Morgan fingerprint density at radius 2 is 2.22 bits per heavy atom. The van der Waals surface area contributed by atoms with Crippen LogP contribution >= 0.6 is 0 Å². The van der Waals surface area contributed by atoms with Crippen LogP contribution in [0.5, 0.6) is 0 Å². The molecule has 0 radical (unpaired) electrons. The van der Waals surface area contributed by atoms with Gasteiger partial charge >= 0.3 is 0 Å². The number of anilines is 1. The van der Waals surface area contributed by atoms with E-state index in [-0.39, 0.29) is 0 Å². The van der Waals surface area contributed by atoms with Gasteiger partial charge in [0.15, 0.2) is 0 Å². The molecule has 90 valence electrons. The van der Waals surface area contributed by atoms with Crippen molar-refractivity contribution in [3.63, 3.8) is 0 Å². The third-order valence-corrected chi connectivity index (χ3v) is 2.78. The van der Waals surface area contributed by atoms with Gasteiger partial charge in [-0.2, -0.15) is 10.2 Å². The molecule has 0 atom stereocenters. The molecule has 3 aromatic heterocycles. The largest absolute Gasteiger partial charge is 0.383 e. The number of nitrogens with two attached hydrogens (primary N) is 1. The highest BCUT2D eigenvalue weighted by molar-refractivity contribution is 5.86. The second-order valence-electron chi connectivity index (χ2n) is 3.93. The molecule has 0 aliphatic rings. The summed E-state index contributed by atoms with van der Waals surface area (Å²) in [6.07, 6.45) is 5.24. The smallest absolute Gasteiger partial charge is 0.131 e. The van der Waals surface area contributed by atoms with E-state index in [0.29, 0.717) is 5.82 Å². The molecule has 0 aliphatic heterocycles. The molecule has 0 amide bonds. The van der Waals surface area contributed by atoms with Gasteiger partial charge in [-0.3, -0.25) is 14.8 Å². The highest BCUT2D eigenvalue weighted by atomic mass is 15.3. The molecule has 0 aliphatic carbocycles. The van der Waals surface area contributed by atoms with Crippen LogP contribution in [0.1, 0.15) is 0 Å². The van der Waals surface area contributed by atoms with Crippen LogP contribution in [0.25, 0.3) is 22.5 Å². The van der Waals surface area contributed by atoms with Crippen molar-refractivity contribution in [3.8, 4) is 22.5 Å². The summed E-state index contributed by atoms with van der Waals surface area (Å²) in [5, 5.41) is 11.1. The number of aromatic amines is 1.